The van der Waals surface area contributed by atoms with E-state index in [-0.39, 0.29) is 0 Å². The topological polar surface area (TPSA) is 69.6 Å². The van der Waals surface area contributed by atoms with Crippen molar-refractivity contribution in [3.8, 4) is 11.4 Å². The van der Waals surface area contributed by atoms with Crippen molar-refractivity contribution in [2.45, 2.75) is 19.8 Å². The third-order valence-corrected chi connectivity index (χ3v) is 2.39. The molecule has 0 aliphatic carbocycles. The lowest BCUT2D eigenvalue weighted by Crippen LogP contribution is -1.98. The standard InChI is InChI=1S/C11H15N5/c1-7(2)10-14-11(16(3)15-10)8-4-5-13-6-9(8)12/h4-7H,12H2,1-3H3. The molecule has 0 bridgehead atoms. The molecule has 0 saturated carbocycles. The second-order valence-electron chi connectivity index (χ2n) is 4.03. The van der Waals surface area contributed by atoms with Gasteiger partial charge in [0.1, 0.15) is 0 Å². The summed E-state index contributed by atoms with van der Waals surface area (Å²) in [5.41, 5.74) is 7.35. The van der Waals surface area contributed by atoms with E-state index >= 15 is 0 Å². The minimum Gasteiger partial charge on any atom is -0.397 e. The van der Waals surface area contributed by atoms with Crippen LogP contribution < -0.4 is 5.73 Å². The highest BCUT2D eigenvalue weighted by Gasteiger charge is 2.13. The smallest absolute Gasteiger partial charge is 0.160 e. The Labute approximate surface area is 94.3 Å². The fraction of sp³-hybridized carbons (Fsp3) is 0.364. The average Bonchev–Trinajstić information content (AvgIpc) is 2.61. The van der Waals surface area contributed by atoms with E-state index in [2.05, 4.69) is 28.9 Å². The highest BCUT2D eigenvalue weighted by atomic mass is 15.3. The van der Waals surface area contributed by atoms with Crippen LogP contribution >= 0.6 is 0 Å². The quantitative estimate of drug-likeness (QED) is 0.829. The van der Waals surface area contributed by atoms with Gasteiger partial charge in [-0.1, -0.05) is 13.8 Å². The van der Waals surface area contributed by atoms with Crippen LogP contribution in [0.1, 0.15) is 25.6 Å². The van der Waals surface area contributed by atoms with Gasteiger partial charge in [0.15, 0.2) is 11.6 Å². The molecule has 2 N–H and O–H groups in total. The molecule has 0 atom stereocenters. The van der Waals surface area contributed by atoms with Crippen molar-refractivity contribution in [1.29, 1.82) is 0 Å². The zero-order valence-corrected chi connectivity index (χ0v) is 9.68. The van der Waals surface area contributed by atoms with Crippen molar-refractivity contribution in [1.82, 2.24) is 19.7 Å². The summed E-state index contributed by atoms with van der Waals surface area (Å²) in [4.78, 5) is 8.44. The van der Waals surface area contributed by atoms with E-state index in [1.807, 2.05) is 13.1 Å². The molecule has 84 valence electrons. The van der Waals surface area contributed by atoms with Gasteiger partial charge in [0, 0.05) is 24.7 Å². The third kappa shape index (κ3) is 1.76. The predicted octanol–water partition coefficient (Wildman–Crippen LogP) is 1.58. The molecule has 0 radical (unpaired) electrons. The number of rotatable bonds is 2. The minimum atomic E-state index is 0.308. The molecule has 5 heteroatoms. The van der Waals surface area contributed by atoms with Gasteiger partial charge in [0.05, 0.1) is 11.9 Å². The van der Waals surface area contributed by atoms with E-state index in [4.69, 9.17) is 5.73 Å². The lowest BCUT2D eigenvalue weighted by molar-refractivity contribution is 0.712. The van der Waals surface area contributed by atoms with Gasteiger partial charge < -0.3 is 5.73 Å². The van der Waals surface area contributed by atoms with Gasteiger partial charge in [-0.05, 0) is 6.07 Å². The Morgan fingerprint density at radius 3 is 2.69 bits per heavy atom. The van der Waals surface area contributed by atoms with Gasteiger partial charge in [-0.25, -0.2) is 9.67 Å². The molecule has 0 amide bonds. The number of aromatic nitrogens is 4. The average molecular weight is 217 g/mol. The van der Waals surface area contributed by atoms with Crippen LogP contribution in [0, 0.1) is 0 Å². The van der Waals surface area contributed by atoms with Crippen LogP contribution in [0.3, 0.4) is 0 Å². The molecular formula is C11H15N5. The van der Waals surface area contributed by atoms with Gasteiger partial charge >= 0.3 is 0 Å². The van der Waals surface area contributed by atoms with Crippen LogP contribution in [0.5, 0.6) is 0 Å². The highest BCUT2D eigenvalue weighted by molar-refractivity contribution is 5.70. The highest BCUT2D eigenvalue weighted by Crippen LogP contribution is 2.23. The molecule has 16 heavy (non-hydrogen) atoms. The van der Waals surface area contributed by atoms with Gasteiger partial charge in [-0.15, -0.1) is 0 Å². The number of nitrogen functional groups attached to an aromatic ring is 1. The molecule has 5 nitrogen and oxygen atoms in total. The summed E-state index contributed by atoms with van der Waals surface area (Å²) in [7, 11) is 1.87. The molecule has 2 heterocycles. The number of anilines is 1. The van der Waals surface area contributed by atoms with Crippen LogP contribution in [-0.4, -0.2) is 19.7 Å². The number of hydrogen-bond donors (Lipinski definition) is 1. The first-order chi connectivity index (χ1) is 7.59. The maximum atomic E-state index is 5.86. The molecule has 0 saturated heterocycles. The Hall–Kier alpha value is -1.91. The maximum absolute atomic E-state index is 5.86. The third-order valence-electron chi connectivity index (χ3n) is 2.39. The molecule has 2 aromatic rings. The molecule has 0 aliphatic heterocycles. The van der Waals surface area contributed by atoms with Gasteiger partial charge in [0.2, 0.25) is 0 Å². The Bertz CT molecular complexity index is 501. The molecule has 0 spiro atoms. The summed E-state index contributed by atoms with van der Waals surface area (Å²) in [5, 5.41) is 4.36. The molecule has 2 aromatic heterocycles. The Morgan fingerprint density at radius 1 is 1.38 bits per heavy atom. The second-order valence-corrected chi connectivity index (χ2v) is 4.03. The van der Waals surface area contributed by atoms with Crippen molar-refractivity contribution in [3.63, 3.8) is 0 Å². The van der Waals surface area contributed by atoms with Crippen LogP contribution in [0.25, 0.3) is 11.4 Å². The number of hydrogen-bond acceptors (Lipinski definition) is 4. The van der Waals surface area contributed by atoms with E-state index in [1.54, 1.807) is 17.1 Å². The zero-order valence-electron chi connectivity index (χ0n) is 9.68. The molecule has 0 fully saturated rings. The first-order valence-corrected chi connectivity index (χ1v) is 5.20. The molecular weight excluding hydrogens is 202 g/mol. The van der Waals surface area contributed by atoms with Crippen LogP contribution in [-0.2, 0) is 7.05 Å². The van der Waals surface area contributed by atoms with Gasteiger partial charge in [-0.3, -0.25) is 4.98 Å². The first kappa shape index (κ1) is 10.6. The summed E-state index contributed by atoms with van der Waals surface area (Å²) in [5.74, 6) is 1.92. The fourth-order valence-electron chi connectivity index (χ4n) is 1.49. The molecule has 0 aliphatic rings. The van der Waals surface area contributed by atoms with Crippen molar-refractivity contribution < 1.29 is 0 Å². The fourth-order valence-corrected chi connectivity index (χ4v) is 1.49. The summed E-state index contributed by atoms with van der Waals surface area (Å²) in [6, 6.07) is 1.85. The van der Waals surface area contributed by atoms with E-state index < -0.39 is 0 Å². The zero-order chi connectivity index (χ0) is 11.7. The van der Waals surface area contributed by atoms with Crippen molar-refractivity contribution >= 4 is 5.69 Å². The SMILES string of the molecule is CC(C)c1nc(-c2ccncc2N)n(C)n1. The number of pyridine rings is 1. The lowest BCUT2D eigenvalue weighted by atomic mass is 10.2. The van der Waals surface area contributed by atoms with E-state index in [0.29, 0.717) is 11.6 Å². The predicted molar refractivity (Wildman–Crippen MR) is 62.7 cm³/mol. The number of nitrogens with zero attached hydrogens (tertiary/aromatic N) is 4. The summed E-state index contributed by atoms with van der Waals surface area (Å²) >= 11 is 0. The van der Waals surface area contributed by atoms with E-state index in [0.717, 1.165) is 17.2 Å². The summed E-state index contributed by atoms with van der Waals surface area (Å²) in [6.07, 6.45) is 3.33. The summed E-state index contributed by atoms with van der Waals surface area (Å²) in [6.45, 7) is 4.13. The minimum absolute atomic E-state index is 0.308. The number of nitrogens with two attached hydrogens (primary N) is 1. The molecule has 2 rings (SSSR count). The summed E-state index contributed by atoms with van der Waals surface area (Å²) < 4.78 is 1.75. The van der Waals surface area contributed by atoms with Crippen molar-refractivity contribution in [2.75, 3.05) is 5.73 Å². The first-order valence-electron chi connectivity index (χ1n) is 5.20. The Kier molecular flexibility index (Phi) is 2.60. The lowest BCUT2D eigenvalue weighted by Gasteiger charge is -2.02. The van der Waals surface area contributed by atoms with Gasteiger partial charge in [-0.2, -0.15) is 5.10 Å². The van der Waals surface area contributed by atoms with E-state index in [9.17, 15) is 0 Å². The van der Waals surface area contributed by atoms with Crippen LogP contribution in [0.15, 0.2) is 18.5 Å². The Balaban J connectivity index is 2.52. The van der Waals surface area contributed by atoms with Gasteiger partial charge in [0.25, 0.3) is 0 Å². The second kappa shape index (κ2) is 3.92. The van der Waals surface area contributed by atoms with Crippen molar-refractivity contribution in [3.05, 3.63) is 24.3 Å². The van der Waals surface area contributed by atoms with E-state index in [1.165, 1.54) is 0 Å². The monoisotopic (exact) mass is 217 g/mol. The normalized spacial score (nSPS) is 11.0. The Morgan fingerprint density at radius 2 is 2.12 bits per heavy atom. The van der Waals surface area contributed by atoms with Crippen LogP contribution in [0.4, 0.5) is 5.69 Å². The largest absolute Gasteiger partial charge is 0.397 e. The molecule has 0 unspecified atom stereocenters. The van der Waals surface area contributed by atoms with Crippen molar-refractivity contribution in [2.24, 2.45) is 7.05 Å². The maximum Gasteiger partial charge on any atom is 0.160 e. The molecule has 0 aromatic carbocycles. The number of aryl methyl sites for hydroxylation is 1. The van der Waals surface area contributed by atoms with Crippen LogP contribution in [0.2, 0.25) is 0 Å².